The van der Waals surface area contributed by atoms with Crippen molar-refractivity contribution in [2.45, 2.75) is 0 Å². The molecular formula is C9H4F4O. The highest BCUT2D eigenvalue weighted by molar-refractivity contribution is 6.04. The molecule has 14 heavy (non-hydrogen) atoms. The van der Waals surface area contributed by atoms with Crippen molar-refractivity contribution in [3.63, 3.8) is 0 Å². The fourth-order valence-electron chi connectivity index (χ4n) is 0.862. The van der Waals surface area contributed by atoms with Crippen molar-refractivity contribution in [3.05, 3.63) is 47.6 Å². The van der Waals surface area contributed by atoms with Crippen LogP contribution in [0.15, 0.2) is 18.7 Å². The molecule has 0 heterocycles. The summed E-state index contributed by atoms with van der Waals surface area (Å²) in [6.07, 6.45) is 0.676. The lowest BCUT2D eigenvalue weighted by Crippen LogP contribution is -2.05. The number of hydrogen-bond donors (Lipinski definition) is 0. The normalized spacial score (nSPS) is 10.0. The summed E-state index contributed by atoms with van der Waals surface area (Å²) in [5.74, 6) is -8.29. The van der Waals surface area contributed by atoms with E-state index in [-0.39, 0.29) is 6.07 Å². The summed E-state index contributed by atoms with van der Waals surface area (Å²) < 4.78 is 50.4. The van der Waals surface area contributed by atoms with Gasteiger partial charge in [0.05, 0.1) is 5.56 Å². The molecule has 0 aliphatic carbocycles. The van der Waals surface area contributed by atoms with Crippen molar-refractivity contribution in [2.24, 2.45) is 0 Å². The van der Waals surface area contributed by atoms with Gasteiger partial charge in [-0.25, -0.2) is 17.6 Å². The number of rotatable bonds is 2. The molecule has 0 saturated heterocycles. The number of carbonyl (C=O) groups excluding carboxylic acids is 1. The van der Waals surface area contributed by atoms with E-state index < -0.39 is 34.6 Å². The molecule has 1 nitrogen and oxygen atoms in total. The van der Waals surface area contributed by atoms with E-state index in [4.69, 9.17) is 0 Å². The van der Waals surface area contributed by atoms with Gasteiger partial charge in [0.2, 0.25) is 0 Å². The fraction of sp³-hybridized carbons (Fsp3) is 0. The molecule has 0 saturated carbocycles. The van der Waals surface area contributed by atoms with E-state index >= 15 is 0 Å². The van der Waals surface area contributed by atoms with Crippen LogP contribution in [0.1, 0.15) is 10.4 Å². The second kappa shape index (κ2) is 3.61. The average molecular weight is 204 g/mol. The third-order valence-corrected chi connectivity index (χ3v) is 1.55. The SMILES string of the molecule is C=CC(=O)c1cc(F)c(F)c(F)c1F. The lowest BCUT2D eigenvalue weighted by atomic mass is 10.1. The van der Waals surface area contributed by atoms with E-state index in [2.05, 4.69) is 6.58 Å². The molecule has 74 valence electrons. The Balaban J connectivity index is 3.47. The van der Waals surface area contributed by atoms with Crippen LogP contribution >= 0.6 is 0 Å². The molecule has 1 aromatic carbocycles. The smallest absolute Gasteiger partial charge is 0.198 e. The van der Waals surface area contributed by atoms with Crippen LogP contribution in [0.3, 0.4) is 0 Å². The average Bonchev–Trinajstić information content (AvgIpc) is 2.19. The van der Waals surface area contributed by atoms with Gasteiger partial charge >= 0.3 is 0 Å². The van der Waals surface area contributed by atoms with Crippen molar-refractivity contribution in [1.29, 1.82) is 0 Å². The molecule has 1 aromatic rings. The zero-order chi connectivity index (χ0) is 10.9. The van der Waals surface area contributed by atoms with Crippen LogP contribution in [-0.2, 0) is 0 Å². The third-order valence-electron chi connectivity index (χ3n) is 1.55. The van der Waals surface area contributed by atoms with Gasteiger partial charge in [0.25, 0.3) is 0 Å². The van der Waals surface area contributed by atoms with Crippen molar-refractivity contribution in [3.8, 4) is 0 Å². The van der Waals surface area contributed by atoms with E-state index in [0.717, 1.165) is 0 Å². The summed E-state index contributed by atoms with van der Waals surface area (Å²) >= 11 is 0. The molecule has 1 rings (SSSR count). The first-order valence-electron chi connectivity index (χ1n) is 3.48. The van der Waals surface area contributed by atoms with E-state index in [9.17, 15) is 22.4 Å². The van der Waals surface area contributed by atoms with Gasteiger partial charge in [0.15, 0.2) is 29.1 Å². The maximum atomic E-state index is 12.8. The Morgan fingerprint density at radius 2 is 1.71 bits per heavy atom. The molecule has 0 bridgehead atoms. The molecular weight excluding hydrogens is 200 g/mol. The largest absolute Gasteiger partial charge is 0.289 e. The number of allylic oxidation sites excluding steroid dienone is 1. The third kappa shape index (κ3) is 1.53. The maximum Gasteiger partial charge on any atom is 0.198 e. The van der Waals surface area contributed by atoms with E-state index in [1.54, 1.807) is 0 Å². The quantitative estimate of drug-likeness (QED) is 0.238. The molecule has 0 fully saturated rings. The number of hydrogen-bond acceptors (Lipinski definition) is 1. The zero-order valence-corrected chi connectivity index (χ0v) is 6.78. The number of benzene rings is 1. The second-order valence-corrected chi connectivity index (χ2v) is 2.42. The van der Waals surface area contributed by atoms with Crippen molar-refractivity contribution in [2.75, 3.05) is 0 Å². The van der Waals surface area contributed by atoms with Crippen LogP contribution in [0.5, 0.6) is 0 Å². The molecule has 0 radical (unpaired) electrons. The number of halogens is 4. The maximum absolute atomic E-state index is 12.8. The Hall–Kier alpha value is -1.65. The Bertz CT molecular complexity index is 412. The molecule has 0 amide bonds. The van der Waals surface area contributed by atoms with Crippen LogP contribution < -0.4 is 0 Å². The van der Waals surface area contributed by atoms with E-state index in [1.807, 2.05) is 0 Å². The van der Waals surface area contributed by atoms with Gasteiger partial charge in [0.1, 0.15) is 0 Å². The predicted octanol–water partition coefficient (Wildman–Crippen LogP) is 2.61. The van der Waals surface area contributed by atoms with Crippen molar-refractivity contribution in [1.82, 2.24) is 0 Å². The van der Waals surface area contributed by atoms with Crippen LogP contribution in [0.2, 0.25) is 0 Å². The van der Waals surface area contributed by atoms with Gasteiger partial charge in [-0.2, -0.15) is 0 Å². The lowest BCUT2D eigenvalue weighted by molar-refractivity contribution is 0.104. The van der Waals surface area contributed by atoms with E-state index in [1.165, 1.54) is 0 Å². The van der Waals surface area contributed by atoms with Crippen LogP contribution in [-0.4, -0.2) is 5.78 Å². The Labute approximate surface area is 76.7 Å². The minimum Gasteiger partial charge on any atom is -0.289 e. The van der Waals surface area contributed by atoms with Gasteiger partial charge in [-0.3, -0.25) is 4.79 Å². The summed E-state index contributed by atoms with van der Waals surface area (Å²) in [7, 11) is 0. The highest BCUT2D eigenvalue weighted by Gasteiger charge is 2.21. The molecule has 0 N–H and O–H groups in total. The monoisotopic (exact) mass is 204 g/mol. The van der Waals surface area contributed by atoms with Crippen LogP contribution in [0.25, 0.3) is 0 Å². The van der Waals surface area contributed by atoms with Gasteiger partial charge in [-0.1, -0.05) is 6.58 Å². The van der Waals surface area contributed by atoms with Crippen LogP contribution in [0, 0.1) is 23.3 Å². The topological polar surface area (TPSA) is 17.1 Å². The van der Waals surface area contributed by atoms with Crippen molar-refractivity contribution >= 4 is 5.78 Å². The summed E-state index contributed by atoms with van der Waals surface area (Å²) in [6, 6.07) is 0.289. The van der Waals surface area contributed by atoms with Gasteiger partial charge < -0.3 is 0 Å². The summed E-state index contributed by atoms with van der Waals surface area (Å²) in [4.78, 5) is 10.8. The Kier molecular flexibility index (Phi) is 2.69. The molecule has 0 aromatic heterocycles. The number of ketones is 1. The molecule has 0 atom stereocenters. The van der Waals surface area contributed by atoms with Gasteiger partial charge in [0, 0.05) is 0 Å². The summed E-state index contributed by atoms with van der Waals surface area (Å²) in [5, 5.41) is 0. The minimum atomic E-state index is -2.00. The molecule has 0 aliphatic heterocycles. The molecule has 5 heteroatoms. The summed E-state index contributed by atoms with van der Waals surface area (Å²) in [5.41, 5.74) is -0.878. The first kappa shape index (κ1) is 10.4. The first-order valence-corrected chi connectivity index (χ1v) is 3.48. The minimum absolute atomic E-state index is 0.289. The zero-order valence-electron chi connectivity index (χ0n) is 6.78. The molecule has 0 spiro atoms. The highest BCUT2D eigenvalue weighted by atomic mass is 19.2. The predicted molar refractivity (Wildman–Crippen MR) is 40.8 cm³/mol. The standard InChI is InChI=1S/C9H4F4O/c1-2-6(14)4-3-5(10)8(12)9(13)7(4)11/h2-3H,1H2. The highest BCUT2D eigenvalue weighted by Crippen LogP contribution is 2.19. The Morgan fingerprint density at radius 1 is 1.14 bits per heavy atom. The molecule has 0 unspecified atom stereocenters. The summed E-state index contributed by atoms with van der Waals surface area (Å²) in [6.45, 7) is 3.01. The lowest BCUT2D eigenvalue weighted by Gasteiger charge is -2.01. The first-order chi connectivity index (χ1) is 6.49. The Morgan fingerprint density at radius 3 is 2.21 bits per heavy atom. The van der Waals surface area contributed by atoms with Gasteiger partial charge in [-0.15, -0.1) is 0 Å². The fourth-order valence-corrected chi connectivity index (χ4v) is 0.862. The van der Waals surface area contributed by atoms with Crippen LogP contribution in [0.4, 0.5) is 17.6 Å². The second-order valence-electron chi connectivity index (χ2n) is 2.42. The van der Waals surface area contributed by atoms with Gasteiger partial charge in [-0.05, 0) is 12.1 Å². The number of carbonyl (C=O) groups is 1. The van der Waals surface area contributed by atoms with E-state index in [0.29, 0.717) is 6.08 Å². The molecule has 0 aliphatic rings. The van der Waals surface area contributed by atoms with Crippen molar-refractivity contribution < 1.29 is 22.4 Å².